The highest BCUT2D eigenvalue weighted by Gasteiger charge is 2.25. The molecule has 0 saturated heterocycles. The minimum atomic E-state index is -3.60. The normalized spacial score (nSPS) is 13.0. The number of hydrogen-bond donors (Lipinski definition) is 1. The van der Waals surface area contributed by atoms with E-state index in [1.807, 2.05) is 6.92 Å². The highest BCUT2D eigenvalue weighted by molar-refractivity contribution is 7.92. The fourth-order valence-corrected chi connectivity index (χ4v) is 2.82. The van der Waals surface area contributed by atoms with Gasteiger partial charge in [-0.15, -0.1) is 0 Å². The van der Waals surface area contributed by atoms with Crippen LogP contribution in [0.1, 0.15) is 20.3 Å². The maximum atomic E-state index is 12.0. The highest BCUT2D eigenvalue weighted by Crippen LogP contribution is 2.21. The minimum absolute atomic E-state index is 0.111. The molecular weight excluding hydrogens is 256 g/mol. The van der Waals surface area contributed by atoms with Crippen LogP contribution in [0.3, 0.4) is 0 Å². The first kappa shape index (κ1) is 14.5. The van der Waals surface area contributed by atoms with Gasteiger partial charge in [0.05, 0.1) is 23.2 Å². The van der Waals surface area contributed by atoms with Crippen molar-refractivity contribution in [2.24, 2.45) is 0 Å². The quantitative estimate of drug-likeness (QED) is 0.852. The van der Waals surface area contributed by atoms with Crippen molar-refractivity contribution in [2.45, 2.75) is 30.4 Å². The first-order valence-corrected chi connectivity index (χ1v) is 7.11. The van der Waals surface area contributed by atoms with Crippen LogP contribution in [0.15, 0.2) is 29.2 Å². The van der Waals surface area contributed by atoms with Crippen molar-refractivity contribution in [3.8, 4) is 5.75 Å². The Bertz CT molecular complexity index is 504. The lowest BCUT2D eigenvalue weighted by Gasteiger charge is -2.11. The van der Waals surface area contributed by atoms with Crippen LogP contribution >= 0.6 is 0 Å². The Morgan fingerprint density at radius 1 is 1.33 bits per heavy atom. The molecule has 1 aromatic carbocycles. The van der Waals surface area contributed by atoms with Crippen molar-refractivity contribution in [2.75, 3.05) is 6.61 Å². The molecule has 0 spiro atoms. The summed E-state index contributed by atoms with van der Waals surface area (Å²) in [5.74, 6) is -0.542. The van der Waals surface area contributed by atoms with Crippen LogP contribution in [-0.2, 0) is 14.6 Å². The van der Waals surface area contributed by atoms with Crippen molar-refractivity contribution < 1.29 is 23.1 Å². The molecule has 1 atom stereocenters. The molecule has 0 aromatic heterocycles. The molecule has 5 nitrogen and oxygen atoms in total. The van der Waals surface area contributed by atoms with Gasteiger partial charge in [0, 0.05) is 0 Å². The fourth-order valence-electron chi connectivity index (χ4n) is 1.48. The van der Waals surface area contributed by atoms with Gasteiger partial charge in [0.15, 0.2) is 9.84 Å². The molecule has 100 valence electrons. The average molecular weight is 272 g/mol. The van der Waals surface area contributed by atoms with E-state index >= 15 is 0 Å². The molecule has 1 aromatic rings. The molecule has 0 fully saturated rings. The zero-order chi connectivity index (χ0) is 13.8. The predicted octanol–water partition coefficient (Wildman–Crippen LogP) is 1.72. The van der Waals surface area contributed by atoms with Crippen molar-refractivity contribution >= 4 is 15.8 Å². The van der Waals surface area contributed by atoms with E-state index in [1.165, 1.54) is 19.1 Å². The van der Waals surface area contributed by atoms with Crippen LogP contribution in [0.4, 0.5) is 0 Å². The van der Waals surface area contributed by atoms with Crippen LogP contribution in [0, 0.1) is 0 Å². The van der Waals surface area contributed by atoms with Crippen molar-refractivity contribution in [1.82, 2.24) is 0 Å². The molecule has 0 aliphatic heterocycles. The third-order valence-electron chi connectivity index (χ3n) is 2.46. The van der Waals surface area contributed by atoms with Crippen molar-refractivity contribution in [3.63, 3.8) is 0 Å². The second-order valence-electron chi connectivity index (χ2n) is 3.86. The number of carboxylic acid groups (broad SMARTS) is 1. The summed E-state index contributed by atoms with van der Waals surface area (Å²) in [4.78, 5) is 10.7. The van der Waals surface area contributed by atoms with Gasteiger partial charge in [0.25, 0.3) is 0 Å². The van der Waals surface area contributed by atoms with Crippen LogP contribution in [-0.4, -0.2) is 31.4 Å². The smallest absolute Gasteiger partial charge is 0.304 e. The molecule has 0 saturated carbocycles. The lowest BCUT2D eigenvalue weighted by molar-refractivity contribution is -0.136. The number of carbonyl (C=O) groups is 1. The summed E-state index contributed by atoms with van der Waals surface area (Å²) in [6, 6.07) is 5.98. The fraction of sp³-hybridized carbons (Fsp3) is 0.417. The van der Waals surface area contributed by atoms with E-state index in [1.54, 1.807) is 12.1 Å². The van der Waals surface area contributed by atoms with Gasteiger partial charge in [-0.1, -0.05) is 0 Å². The van der Waals surface area contributed by atoms with Gasteiger partial charge in [-0.3, -0.25) is 4.79 Å². The topological polar surface area (TPSA) is 80.7 Å². The van der Waals surface area contributed by atoms with E-state index in [4.69, 9.17) is 9.84 Å². The first-order chi connectivity index (χ1) is 8.37. The Labute approximate surface area is 106 Å². The summed E-state index contributed by atoms with van der Waals surface area (Å²) in [5, 5.41) is 7.67. The van der Waals surface area contributed by atoms with E-state index < -0.39 is 27.5 Å². The number of benzene rings is 1. The van der Waals surface area contributed by atoms with Crippen LogP contribution in [0.25, 0.3) is 0 Å². The summed E-state index contributed by atoms with van der Waals surface area (Å²) in [6.07, 6.45) is -0.407. The van der Waals surface area contributed by atoms with Crippen LogP contribution in [0.5, 0.6) is 5.75 Å². The van der Waals surface area contributed by atoms with Crippen LogP contribution in [0.2, 0.25) is 0 Å². The maximum absolute atomic E-state index is 12.0. The summed E-state index contributed by atoms with van der Waals surface area (Å²) in [5.41, 5.74) is 0. The summed E-state index contributed by atoms with van der Waals surface area (Å²) >= 11 is 0. The number of aliphatic carboxylic acids is 1. The molecular formula is C12H16O5S. The zero-order valence-corrected chi connectivity index (χ0v) is 11.1. The van der Waals surface area contributed by atoms with Gasteiger partial charge in [-0.05, 0) is 38.1 Å². The first-order valence-electron chi connectivity index (χ1n) is 5.56. The lowest BCUT2D eigenvalue weighted by Crippen LogP contribution is -2.21. The van der Waals surface area contributed by atoms with Crippen molar-refractivity contribution in [1.29, 1.82) is 0 Å². The molecule has 0 aliphatic carbocycles. The maximum Gasteiger partial charge on any atom is 0.304 e. The molecule has 1 N–H and O–H groups in total. The van der Waals surface area contributed by atoms with E-state index in [0.717, 1.165) is 0 Å². The Kier molecular flexibility index (Phi) is 4.72. The predicted molar refractivity (Wildman–Crippen MR) is 66.5 cm³/mol. The SMILES string of the molecule is CCOc1ccc(S(=O)(=O)C(C)CC(=O)O)cc1. The van der Waals surface area contributed by atoms with E-state index in [0.29, 0.717) is 12.4 Å². The second kappa shape index (κ2) is 5.86. The largest absolute Gasteiger partial charge is 0.494 e. The Balaban J connectivity index is 2.94. The summed E-state index contributed by atoms with van der Waals surface area (Å²) in [7, 11) is -3.60. The number of sulfone groups is 1. The zero-order valence-electron chi connectivity index (χ0n) is 10.3. The molecule has 18 heavy (non-hydrogen) atoms. The van der Waals surface area contributed by atoms with E-state index in [2.05, 4.69) is 0 Å². The Morgan fingerprint density at radius 2 is 1.89 bits per heavy atom. The number of hydrogen-bond acceptors (Lipinski definition) is 4. The highest BCUT2D eigenvalue weighted by atomic mass is 32.2. The summed E-state index contributed by atoms with van der Waals surface area (Å²) in [6.45, 7) is 3.72. The van der Waals surface area contributed by atoms with Gasteiger partial charge in [-0.2, -0.15) is 0 Å². The van der Waals surface area contributed by atoms with Gasteiger partial charge in [0.1, 0.15) is 5.75 Å². The standard InChI is InChI=1S/C12H16O5S/c1-3-17-10-4-6-11(7-5-10)18(15,16)9(2)8-12(13)14/h4-7,9H,3,8H2,1-2H3,(H,13,14). The lowest BCUT2D eigenvalue weighted by atomic mass is 10.3. The van der Waals surface area contributed by atoms with Crippen LogP contribution < -0.4 is 4.74 Å². The molecule has 6 heteroatoms. The Morgan fingerprint density at radius 3 is 2.33 bits per heavy atom. The van der Waals surface area contributed by atoms with Gasteiger partial charge in [0.2, 0.25) is 0 Å². The number of rotatable bonds is 6. The molecule has 0 amide bonds. The number of ether oxygens (including phenoxy) is 1. The molecule has 0 heterocycles. The van der Waals surface area contributed by atoms with Crippen molar-refractivity contribution in [3.05, 3.63) is 24.3 Å². The van der Waals surface area contributed by atoms with Gasteiger partial charge >= 0.3 is 5.97 Å². The molecule has 0 aliphatic rings. The molecule has 0 radical (unpaired) electrons. The third-order valence-corrected chi connectivity index (χ3v) is 4.61. The Hall–Kier alpha value is -1.56. The molecule has 1 unspecified atom stereocenters. The van der Waals surface area contributed by atoms with E-state index in [9.17, 15) is 13.2 Å². The second-order valence-corrected chi connectivity index (χ2v) is 6.22. The molecule has 1 rings (SSSR count). The van der Waals surface area contributed by atoms with Gasteiger partial charge < -0.3 is 9.84 Å². The third kappa shape index (κ3) is 3.46. The minimum Gasteiger partial charge on any atom is -0.494 e. The monoisotopic (exact) mass is 272 g/mol. The average Bonchev–Trinajstić information content (AvgIpc) is 2.29. The van der Waals surface area contributed by atoms with E-state index in [-0.39, 0.29) is 4.90 Å². The number of carboxylic acids is 1. The molecule has 0 bridgehead atoms. The van der Waals surface area contributed by atoms with Gasteiger partial charge in [-0.25, -0.2) is 8.42 Å². The summed E-state index contributed by atoms with van der Waals surface area (Å²) < 4.78 is 29.3.